The molecule has 3 N–H and O–H groups in total. The lowest BCUT2D eigenvalue weighted by Gasteiger charge is -2.56. The van der Waals surface area contributed by atoms with Crippen LogP contribution >= 0.6 is 0 Å². The van der Waals surface area contributed by atoms with E-state index in [-0.39, 0.29) is 30.4 Å². The van der Waals surface area contributed by atoms with Gasteiger partial charge in [-0.2, -0.15) is 0 Å². The molecule has 2 amide bonds. The van der Waals surface area contributed by atoms with E-state index in [0.717, 1.165) is 116 Å². The number of amides is 2. The summed E-state index contributed by atoms with van der Waals surface area (Å²) in [5, 5.41) is 16.3. The summed E-state index contributed by atoms with van der Waals surface area (Å²) in [4.78, 5) is 18.2. The third-order valence-electron chi connectivity index (χ3n) is 13.1. The summed E-state index contributed by atoms with van der Waals surface area (Å²) < 4.78 is 13.4. The van der Waals surface area contributed by atoms with E-state index in [2.05, 4.69) is 111 Å². The Morgan fingerprint density at radius 1 is 0.673 bits per heavy atom. The van der Waals surface area contributed by atoms with Crippen LogP contribution in [0.2, 0.25) is 0 Å². The van der Waals surface area contributed by atoms with Crippen molar-refractivity contribution in [2.45, 2.75) is 88.7 Å². The van der Waals surface area contributed by atoms with Crippen LogP contribution in [0.15, 0.2) is 103 Å². The number of aliphatic hydroxyl groups excluding tert-OH is 1. The van der Waals surface area contributed by atoms with E-state index in [0.29, 0.717) is 6.54 Å². The van der Waals surface area contributed by atoms with Crippen molar-refractivity contribution in [3.63, 3.8) is 0 Å². The van der Waals surface area contributed by atoms with Crippen LogP contribution in [0.5, 0.6) is 0 Å². The van der Waals surface area contributed by atoms with Crippen LogP contribution in [0, 0.1) is 17.8 Å². The average molecular weight is 741 g/mol. The molecule has 4 saturated carbocycles. The number of piperazine rings is 1. The van der Waals surface area contributed by atoms with Gasteiger partial charge in [0, 0.05) is 63.3 Å². The Labute approximate surface area is 326 Å². The van der Waals surface area contributed by atoms with Gasteiger partial charge in [-0.05, 0) is 95.7 Å². The van der Waals surface area contributed by atoms with Crippen molar-refractivity contribution in [1.82, 2.24) is 20.4 Å². The number of hydrogen-bond donors (Lipinski definition) is 3. The minimum absolute atomic E-state index is 0.0108. The highest BCUT2D eigenvalue weighted by Crippen LogP contribution is 2.55. The van der Waals surface area contributed by atoms with Crippen molar-refractivity contribution < 1.29 is 19.4 Å². The van der Waals surface area contributed by atoms with Gasteiger partial charge in [0.2, 0.25) is 0 Å². The Kier molecular flexibility index (Phi) is 10.8. The number of carbonyl (C=O) groups excluding carboxylic acids is 1. The van der Waals surface area contributed by atoms with Gasteiger partial charge in [-0.15, -0.1) is 0 Å². The zero-order valence-corrected chi connectivity index (χ0v) is 32.0. The van der Waals surface area contributed by atoms with Crippen LogP contribution in [0.1, 0.15) is 85.2 Å². The number of aliphatic hydroxyl groups is 1. The number of nitrogens with zero attached hydrogens (tertiary/aromatic N) is 2. The van der Waals surface area contributed by atoms with Gasteiger partial charge in [-0.3, -0.25) is 9.80 Å². The van der Waals surface area contributed by atoms with Crippen molar-refractivity contribution in [3.8, 4) is 11.1 Å². The van der Waals surface area contributed by atoms with E-state index in [1.165, 1.54) is 24.8 Å². The Morgan fingerprint density at radius 2 is 1.33 bits per heavy atom. The van der Waals surface area contributed by atoms with E-state index in [1.807, 2.05) is 12.1 Å². The third-order valence-corrected chi connectivity index (χ3v) is 13.1. The topological polar surface area (TPSA) is 86.3 Å². The van der Waals surface area contributed by atoms with Gasteiger partial charge >= 0.3 is 6.03 Å². The fourth-order valence-corrected chi connectivity index (χ4v) is 10.7. The maximum atomic E-state index is 13.1. The smallest absolute Gasteiger partial charge is 0.315 e. The first kappa shape index (κ1) is 36.6. The molecule has 10 rings (SSSR count). The van der Waals surface area contributed by atoms with Crippen LogP contribution < -0.4 is 10.6 Å². The molecule has 6 fully saturated rings. The molecule has 4 aromatic carbocycles. The Balaban J connectivity index is 0.833. The standard InChI is InChI=1S/C47H56N4O4/c52-32-34-9-11-40(12-10-34)44-25-43(31-51-19-17-50(18-20-51)30-33-5-2-1-3-6-33)54-45(55-44)41-15-13-39(14-16-41)42-8-4-7-35(24-42)29-48-46(53)49-47-26-36-21-37(27-47)23-38(22-36)28-47/h1-16,24,36-38,43-45,52H,17-23,25-32H2,(H2,48,49,53). The molecule has 2 saturated heterocycles. The average Bonchev–Trinajstić information content (AvgIpc) is 3.21. The second kappa shape index (κ2) is 16.2. The van der Waals surface area contributed by atoms with Crippen molar-refractivity contribution in [3.05, 3.63) is 131 Å². The van der Waals surface area contributed by atoms with Gasteiger partial charge < -0.3 is 25.2 Å². The number of urea groups is 1. The van der Waals surface area contributed by atoms with Crippen LogP contribution in [0.25, 0.3) is 11.1 Å². The number of rotatable bonds is 11. The van der Waals surface area contributed by atoms with E-state index in [9.17, 15) is 9.90 Å². The largest absolute Gasteiger partial charge is 0.392 e. The molecule has 0 aromatic heterocycles. The summed E-state index contributed by atoms with van der Waals surface area (Å²) in [6, 6.07) is 35.8. The molecule has 3 atom stereocenters. The summed E-state index contributed by atoms with van der Waals surface area (Å²) in [5.41, 5.74) is 7.69. The van der Waals surface area contributed by atoms with E-state index in [1.54, 1.807) is 0 Å². The Morgan fingerprint density at radius 3 is 2.02 bits per heavy atom. The number of ether oxygens (including phenoxy) is 2. The molecule has 3 unspecified atom stereocenters. The normalized spacial score (nSPS) is 29.3. The number of benzene rings is 4. The molecule has 288 valence electrons. The zero-order valence-electron chi connectivity index (χ0n) is 32.0. The van der Waals surface area contributed by atoms with Gasteiger partial charge in [-0.1, -0.05) is 97.1 Å². The van der Waals surface area contributed by atoms with E-state index >= 15 is 0 Å². The first-order chi connectivity index (χ1) is 26.9. The maximum Gasteiger partial charge on any atom is 0.315 e. The zero-order chi connectivity index (χ0) is 37.2. The van der Waals surface area contributed by atoms with Crippen molar-refractivity contribution >= 4 is 6.03 Å². The molecule has 2 aliphatic heterocycles. The summed E-state index contributed by atoms with van der Waals surface area (Å²) in [6.45, 7) is 6.50. The highest BCUT2D eigenvalue weighted by Gasteiger charge is 2.51. The van der Waals surface area contributed by atoms with E-state index < -0.39 is 6.29 Å². The van der Waals surface area contributed by atoms with Gasteiger partial charge in [-0.25, -0.2) is 4.79 Å². The lowest BCUT2D eigenvalue weighted by atomic mass is 9.53. The molecule has 6 aliphatic rings. The molecular formula is C47H56N4O4. The number of carbonyl (C=O) groups is 1. The first-order valence-electron chi connectivity index (χ1n) is 20.7. The number of nitrogens with one attached hydrogen (secondary N) is 2. The molecule has 4 aromatic rings. The second-order valence-electron chi connectivity index (χ2n) is 17.2. The van der Waals surface area contributed by atoms with Crippen LogP contribution in [0.4, 0.5) is 4.79 Å². The van der Waals surface area contributed by atoms with Gasteiger partial charge in [0.15, 0.2) is 6.29 Å². The molecule has 8 nitrogen and oxygen atoms in total. The molecular weight excluding hydrogens is 685 g/mol. The summed E-state index contributed by atoms with van der Waals surface area (Å²) in [6.07, 6.45) is 7.76. The SMILES string of the molecule is O=C(NCc1cccc(-c2ccc(C3OC(CN4CCN(Cc5ccccc5)CC4)CC(c4ccc(CO)cc4)O3)cc2)c1)NC12CC3CC(CC(C3)C1)C2. The van der Waals surface area contributed by atoms with Crippen molar-refractivity contribution in [2.24, 2.45) is 17.8 Å². The number of hydrogen-bond acceptors (Lipinski definition) is 6. The Bertz CT molecular complexity index is 1860. The Hall–Kier alpha value is -4.05. The molecule has 0 radical (unpaired) electrons. The predicted octanol–water partition coefficient (Wildman–Crippen LogP) is 7.98. The quantitative estimate of drug-likeness (QED) is 0.145. The lowest BCUT2D eigenvalue weighted by molar-refractivity contribution is -0.253. The van der Waals surface area contributed by atoms with Crippen LogP contribution in [-0.2, 0) is 29.2 Å². The van der Waals surface area contributed by atoms with E-state index in [4.69, 9.17) is 9.47 Å². The highest BCUT2D eigenvalue weighted by molar-refractivity contribution is 5.75. The van der Waals surface area contributed by atoms with Gasteiger partial charge in [0.05, 0.1) is 18.8 Å². The first-order valence-corrected chi connectivity index (χ1v) is 20.7. The van der Waals surface area contributed by atoms with Crippen LogP contribution in [-0.4, -0.2) is 65.3 Å². The lowest BCUT2D eigenvalue weighted by Crippen LogP contribution is -2.61. The molecule has 4 aliphatic carbocycles. The summed E-state index contributed by atoms with van der Waals surface area (Å²) in [7, 11) is 0. The monoisotopic (exact) mass is 740 g/mol. The fourth-order valence-electron chi connectivity index (χ4n) is 10.7. The molecule has 8 heteroatoms. The third kappa shape index (κ3) is 8.69. The summed E-state index contributed by atoms with van der Waals surface area (Å²) in [5.74, 6) is 2.40. The van der Waals surface area contributed by atoms with Crippen LogP contribution in [0.3, 0.4) is 0 Å². The van der Waals surface area contributed by atoms with Crippen molar-refractivity contribution in [2.75, 3.05) is 32.7 Å². The molecule has 4 bridgehead atoms. The molecule has 55 heavy (non-hydrogen) atoms. The highest BCUT2D eigenvalue weighted by atomic mass is 16.7. The van der Waals surface area contributed by atoms with Crippen molar-refractivity contribution in [1.29, 1.82) is 0 Å². The predicted molar refractivity (Wildman–Crippen MR) is 215 cm³/mol. The maximum absolute atomic E-state index is 13.1. The fraction of sp³-hybridized carbons (Fsp3) is 0.468. The minimum Gasteiger partial charge on any atom is -0.392 e. The van der Waals surface area contributed by atoms with Gasteiger partial charge in [0.25, 0.3) is 0 Å². The minimum atomic E-state index is -0.488. The molecule has 0 spiro atoms. The molecule has 2 heterocycles. The second-order valence-corrected chi connectivity index (χ2v) is 17.2. The van der Waals surface area contributed by atoms with Gasteiger partial charge in [0.1, 0.15) is 0 Å². The summed E-state index contributed by atoms with van der Waals surface area (Å²) >= 11 is 0.